The van der Waals surface area contributed by atoms with E-state index >= 15 is 0 Å². The van der Waals surface area contributed by atoms with Gasteiger partial charge in [0.2, 0.25) is 0 Å². The Bertz CT molecular complexity index is 546. The van der Waals surface area contributed by atoms with E-state index in [0.29, 0.717) is 6.54 Å². The Balaban J connectivity index is 1.96. The first-order valence-electron chi connectivity index (χ1n) is 9.02. The van der Waals surface area contributed by atoms with Crippen molar-refractivity contribution < 1.29 is 9.90 Å². The molecule has 0 aromatic heterocycles. The van der Waals surface area contributed by atoms with Crippen LogP contribution in [-0.2, 0) is 5.41 Å². The van der Waals surface area contributed by atoms with E-state index in [1.165, 1.54) is 5.56 Å². The minimum atomic E-state index is -0.358. The number of urea groups is 1. The zero-order valence-corrected chi connectivity index (χ0v) is 15.7. The van der Waals surface area contributed by atoms with E-state index in [0.717, 1.165) is 24.9 Å². The number of carbonyl (C=O) groups excluding carboxylic acids is 1. The van der Waals surface area contributed by atoms with Crippen LogP contribution in [0.1, 0.15) is 64.6 Å². The molecule has 0 bridgehead atoms. The molecular formula is C20H32N2O2. The van der Waals surface area contributed by atoms with Gasteiger partial charge in [0.25, 0.3) is 0 Å². The van der Waals surface area contributed by atoms with Gasteiger partial charge in [0, 0.05) is 19.0 Å². The number of aliphatic hydroxyl groups excluding tert-OH is 1. The lowest BCUT2D eigenvalue weighted by Gasteiger charge is -2.34. The first-order chi connectivity index (χ1) is 11.2. The molecule has 0 saturated carbocycles. The fourth-order valence-corrected chi connectivity index (χ4v) is 3.22. The molecule has 2 amide bonds. The van der Waals surface area contributed by atoms with Crippen molar-refractivity contribution in [2.75, 3.05) is 13.1 Å². The summed E-state index contributed by atoms with van der Waals surface area (Å²) in [6.07, 6.45) is 1.59. The van der Waals surface area contributed by atoms with Crippen LogP contribution in [0.5, 0.6) is 0 Å². The second-order valence-corrected chi connectivity index (χ2v) is 8.13. The zero-order chi connectivity index (χ0) is 17.9. The molecule has 0 radical (unpaired) electrons. The van der Waals surface area contributed by atoms with Gasteiger partial charge < -0.3 is 15.3 Å². The molecule has 2 rings (SSSR count). The number of carbonyl (C=O) groups is 1. The quantitative estimate of drug-likeness (QED) is 0.883. The average molecular weight is 332 g/mol. The van der Waals surface area contributed by atoms with E-state index in [1.807, 2.05) is 18.7 Å². The SMILES string of the molecule is CC(NC(=O)N1CCCC(C(C)O)C1)c1ccc(C(C)(C)C)cc1. The highest BCUT2D eigenvalue weighted by molar-refractivity contribution is 5.74. The number of nitrogens with zero attached hydrogens (tertiary/aromatic N) is 1. The van der Waals surface area contributed by atoms with E-state index in [2.05, 4.69) is 50.4 Å². The molecule has 1 aliphatic heterocycles. The van der Waals surface area contributed by atoms with Crippen molar-refractivity contribution in [3.63, 3.8) is 0 Å². The molecule has 1 heterocycles. The van der Waals surface area contributed by atoms with Crippen LogP contribution in [0.15, 0.2) is 24.3 Å². The number of aliphatic hydroxyl groups is 1. The monoisotopic (exact) mass is 332 g/mol. The fraction of sp³-hybridized carbons (Fsp3) is 0.650. The molecule has 4 heteroatoms. The van der Waals surface area contributed by atoms with Crippen molar-refractivity contribution in [3.05, 3.63) is 35.4 Å². The lowest BCUT2D eigenvalue weighted by molar-refractivity contribution is 0.0734. The molecular weight excluding hydrogens is 300 g/mol. The lowest BCUT2D eigenvalue weighted by Crippen LogP contribution is -2.47. The Morgan fingerprint density at radius 2 is 1.88 bits per heavy atom. The summed E-state index contributed by atoms with van der Waals surface area (Å²) in [6.45, 7) is 11.8. The van der Waals surface area contributed by atoms with Crippen molar-refractivity contribution in [1.82, 2.24) is 10.2 Å². The van der Waals surface area contributed by atoms with Crippen LogP contribution >= 0.6 is 0 Å². The van der Waals surface area contributed by atoms with Gasteiger partial charge in [0.15, 0.2) is 0 Å². The van der Waals surface area contributed by atoms with Gasteiger partial charge in [-0.3, -0.25) is 0 Å². The van der Waals surface area contributed by atoms with Crippen LogP contribution in [-0.4, -0.2) is 35.2 Å². The second kappa shape index (κ2) is 7.56. The highest BCUT2D eigenvalue weighted by Gasteiger charge is 2.27. The van der Waals surface area contributed by atoms with E-state index in [4.69, 9.17) is 0 Å². The van der Waals surface area contributed by atoms with Crippen molar-refractivity contribution in [1.29, 1.82) is 0 Å². The third kappa shape index (κ3) is 4.73. The minimum Gasteiger partial charge on any atom is -0.393 e. The van der Waals surface area contributed by atoms with Crippen LogP contribution in [0, 0.1) is 5.92 Å². The topological polar surface area (TPSA) is 52.6 Å². The number of amides is 2. The molecule has 3 atom stereocenters. The minimum absolute atomic E-state index is 0.0292. The first-order valence-corrected chi connectivity index (χ1v) is 9.02. The number of benzene rings is 1. The van der Waals surface area contributed by atoms with Gasteiger partial charge in [-0.2, -0.15) is 0 Å². The van der Waals surface area contributed by atoms with Crippen LogP contribution in [0.3, 0.4) is 0 Å². The van der Waals surface area contributed by atoms with E-state index in [9.17, 15) is 9.90 Å². The number of piperidine rings is 1. The Morgan fingerprint density at radius 1 is 1.25 bits per heavy atom. The molecule has 24 heavy (non-hydrogen) atoms. The standard InChI is InChI=1S/C20H32N2O2/c1-14(16-8-10-18(11-9-16)20(3,4)5)21-19(24)22-12-6-7-17(13-22)15(2)23/h8-11,14-15,17,23H,6-7,12-13H2,1-5H3,(H,21,24). The molecule has 0 spiro atoms. The summed E-state index contributed by atoms with van der Waals surface area (Å²) in [4.78, 5) is 14.3. The van der Waals surface area contributed by atoms with Crippen molar-refractivity contribution >= 4 is 6.03 Å². The Morgan fingerprint density at radius 3 is 2.42 bits per heavy atom. The highest BCUT2D eigenvalue weighted by atomic mass is 16.3. The maximum Gasteiger partial charge on any atom is 0.317 e. The van der Waals surface area contributed by atoms with E-state index < -0.39 is 0 Å². The highest BCUT2D eigenvalue weighted by Crippen LogP contribution is 2.24. The van der Waals surface area contributed by atoms with Gasteiger partial charge in [-0.15, -0.1) is 0 Å². The summed E-state index contributed by atoms with van der Waals surface area (Å²) in [5.41, 5.74) is 2.54. The molecule has 1 saturated heterocycles. The Kier molecular flexibility index (Phi) is 5.92. The molecule has 1 fully saturated rings. The number of nitrogens with one attached hydrogen (secondary N) is 1. The molecule has 1 aromatic rings. The number of likely N-dealkylation sites (tertiary alicyclic amines) is 1. The van der Waals surface area contributed by atoms with Crippen LogP contribution in [0.4, 0.5) is 4.79 Å². The van der Waals surface area contributed by atoms with Crippen LogP contribution < -0.4 is 5.32 Å². The second-order valence-electron chi connectivity index (χ2n) is 8.13. The van der Waals surface area contributed by atoms with Gasteiger partial charge in [0.1, 0.15) is 0 Å². The fourth-order valence-electron chi connectivity index (χ4n) is 3.22. The largest absolute Gasteiger partial charge is 0.393 e. The van der Waals surface area contributed by atoms with Gasteiger partial charge in [-0.05, 0) is 43.2 Å². The molecule has 1 aliphatic rings. The normalized spacial score (nSPS) is 21.2. The third-order valence-corrected chi connectivity index (χ3v) is 5.04. The van der Waals surface area contributed by atoms with E-state index in [1.54, 1.807) is 0 Å². The van der Waals surface area contributed by atoms with Crippen LogP contribution in [0.25, 0.3) is 0 Å². The summed E-state index contributed by atoms with van der Waals surface area (Å²) in [6, 6.07) is 8.41. The molecule has 134 valence electrons. The molecule has 2 N–H and O–H groups in total. The zero-order valence-electron chi connectivity index (χ0n) is 15.7. The molecule has 4 nitrogen and oxygen atoms in total. The van der Waals surface area contributed by atoms with E-state index in [-0.39, 0.29) is 29.5 Å². The van der Waals surface area contributed by atoms with Gasteiger partial charge in [-0.1, -0.05) is 45.0 Å². The summed E-state index contributed by atoms with van der Waals surface area (Å²) in [5.74, 6) is 0.186. The first kappa shape index (κ1) is 18.8. The summed E-state index contributed by atoms with van der Waals surface area (Å²) < 4.78 is 0. The maximum atomic E-state index is 12.5. The predicted octanol–water partition coefficient (Wildman–Crippen LogP) is 3.85. The number of hydrogen-bond donors (Lipinski definition) is 2. The molecule has 1 aromatic carbocycles. The maximum absolute atomic E-state index is 12.5. The third-order valence-electron chi connectivity index (χ3n) is 5.04. The lowest BCUT2D eigenvalue weighted by atomic mass is 9.86. The van der Waals surface area contributed by atoms with Crippen LogP contribution in [0.2, 0.25) is 0 Å². The Labute approximate surface area is 146 Å². The van der Waals surface area contributed by atoms with Crippen molar-refractivity contribution in [2.45, 2.75) is 65.0 Å². The van der Waals surface area contributed by atoms with Gasteiger partial charge in [0.05, 0.1) is 12.1 Å². The van der Waals surface area contributed by atoms with Crippen molar-refractivity contribution in [3.8, 4) is 0 Å². The van der Waals surface area contributed by atoms with Crippen molar-refractivity contribution in [2.24, 2.45) is 5.92 Å². The summed E-state index contributed by atoms with van der Waals surface area (Å²) in [7, 11) is 0. The Hall–Kier alpha value is -1.55. The predicted molar refractivity (Wildman–Crippen MR) is 98.1 cm³/mol. The molecule has 3 unspecified atom stereocenters. The number of rotatable bonds is 3. The smallest absolute Gasteiger partial charge is 0.317 e. The number of hydrogen-bond acceptors (Lipinski definition) is 2. The summed E-state index contributed by atoms with van der Waals surface area (Å²) >= 11 is 0. The van der Waals surface area contributed by atoms with Gasteiger partial charge in [-0.25, -0.2) is 4.79 Å². The van der Waals surface area contributed by atoms with Gasteiger partial charge >= 0.3 is 6.03 Å². The summed E-state index contributed by atoms with van der Waals surface area (Å²) in [5, 5.41) is 12.9. The average Bonchev–Trinajstić information content (AvgIpc) is 2.54. The molecule has 0 aliphatic carbocycles.